The molecule has 0 spiro atoms. The molecule has 19 heavy (non-hydrogen) atoms. The fourth-order valence-corrected chi connectivity index (χ4v) is 1.79. The first-order valence-electron chi connectivity index (χ1n) is 6.44. The van der Waals surface area contributed by atoms with Crippen LogP contribution in [0.1, 0.15) is 24.7 Å². The molecule has 2 aromatic rings. The Labute approximate surface area is 112 Å². The molecule has 0 amide bonds. The highest BCUT2D eigenvalue weighted by atomic mass is 16.1. The first kappa shape index (κ1) is 13.4. The van der Waals surface area contributed by atoms with Crippen molar-refractivity contribution in [3.05, 3.63) is 46.0 Å². The van der Waals surface area contributed by atoms with Gasteiger partial charge >= 0.3 is 0 Å². The second-order valence-corrected chi connectivity index (χ2v) is 4.43. The van der Waals surface area contributed by atoms with E-state index in [0.717, 1.165) is 24.4 Å². The van der Waals surface area contributed by atoms with Crippen molar-refractivity contribution in [3.63, 3.8) is 0 Å². The minimum absolute atomic E-state index is 0.151. The molecule has 0 radical (unpaired) electrons. The normalized spacial score (nSPS) is 10.6. The number of nitrogens with one attached hydrogen (secondary N) is 2. The number of aromatic amines is 1. The number of hydrogen-bond acceptors (Lipinski definition) is 4. The highest BCUT2D eigenvalue weighted by Gasteiger charge is 2.05. The molecule has 5 heteroatoms. The lowest BCUT2D eigenvalue weighted by molar-refractivity contribution is 0.662. The average molecular weight is 258 g/mol. The Morgan fingerprint density at radius 2 is 2.16 bits per heavy atom. The van der Waals surface area contributed by atoms with Crippen molar-refractivity contribution in [2.45, 2.75) is 26.8 Å². The topological polar surface area (TPSA) is 70.7 Å². The van der Waals surface area contributed by atoms with Crippen LogP contribution in [0.25, 0.3) is 11.5 Å². The van der Waals surface area contributed by atoms with E-state index in [1.807, 2.05) is 25.1 Å². The number of rotatable bonds is 5. The molecule has 0 fully saturated rings. The van der Waals surface area contributed by atoms with Crippen molar-refractivity contribution in [2.75, 3.05) is 6.54 Å². The van der Waals surface area contributed by atoms with Crippen molar-refractivity contribution < 1.29 is 0 Å². The molecular formula is C14H18N4O. The molecule has 2 aromatic heterocycles. The smallest absolute Gasteiger partial charge is 0.251 e. The van der Waals surface area contributed by atoms with Gasteiger partial charge in [0.25, 0.3) is 5.56 Å². The summed E-state index contributed by atoms with van der Waals surface area (Å²) in [5.41, 5.74) is 2.17. The minimum Gasteiger partial charge on any atom is -0.311 e. The van der Waals surface area contributed by atoms with Gasteiger partial charge in [-0.15, -0.1) is 0 Å². The standard InChI is InChI=1S/C14H18N4O/c1-3-7-15-9-11-8-13(19)18-14(17-11)12-6-4-5-10(2)16-12/h4-6,8,15H,3,7,9H2,1-2H3,(H,17,18,19). The first-order chi connectivity index (χ1) is 9.19. The Hall–Kier alpha value is -2.01. The van der Waals surface area contributed by atoms with Gasteiger partial charge in [-0.25, -0.2) is 9.97 Å². The number of pyridine rings is 1. The molecule has 5 nitrogen and oxygen atoms in total. The van der Waals surface area contributed by atoms with E-state index in [1.54, 1.807) is 0 Å². The Kier molecular flexibility index (Phi) is 4.41. The zero-order valence-electron chi connectivity index (χ0n) is 11.2. The van der Waals surface area contributed by atoms with Gasteiger partial charge in [0.15, 0.2) is 5.82 Å². The summed E-state index contributed by atoms with van der Waals surface area (Å²) in [6, 6.07) is 7.17. The van der Waals surface area contributed by atoms with Gasteiger partial charge in [-0.05, 0) is 32.0 Å². The monoisotopic (exact) mass is 258 g/mol. The molecule has 0 bridgehead atoms. The van der Waals surface area contributed by atoms with Crippen LogP contribution in [0.15, 0.2) is 29.1 Å². The van der Waals surface area contributed by atoms with Gasteiger partial charge < -0.3 is 10.3 Å². The summed E-state index contributed by atoms with van der Waals surface area (Å²) >= 11 is 0. The van der Waals surface area contributed by atoms with E-state index in [0.29, 0.717) is 18.1 Å². The van der Waals surface area contributed by atoms with Gasteiger partial charge in [0.1, 0.15) is 5.69 Å². The summed E-state index contributed by atoms with van der Waals surface area (Å²) in [5, 5.41) is 3.23. The second-order valence-electron chi connectivity index (χ2n) is 4.43. The molecular weight excluding hydrogens is 240 g/mol. The quantitative estimate of drug-likeness (QED) is 0.800. The Morgan fingerprint density at radius 1 is 1.32 bits per heavy atom. The molecule has 0 saturated carbocycles. The van der Waals surface area contributed by atoms with Gasteiger partial charge in [-0.3, -0.25) is 4.79 Å². The van der Waals surface area contributed by atoms with Crippen LogP contribution in [0, 0.1) is 6.92 Å². The highest BCUT2D eigenvalue weighted by Crippen LogP contribution is 2.10. The number of H-pyrrole nitrogens is 1. The zero-order valence-corrected chi connectivity index (χ0v) is 11.2. The summed E-state index contributed by atoms with van der Waals surface area (Å²) < 4.78 is 0. The maximum atomic E-state index is 11.7. The third kappa shape index (κ3) is 3.72. The number of aromatic nitrogens is 3. The maximum Gasteiger partial charge on any atom is 0.251 e. The molecule has 0 atom stereocenters. The van der Waals surface area contributed by atoms with Crippen molar-refractivity contribution >= 4 is 0 Å². The molecule has 2 heterocycles. The van der Waals surface area contributed by atoms with E-state index >= 15 is 0 Å². The molecule has 2 rings (SSSR count). The van der Waals surface area contributed by atoms with E-state index in [4.69, 9.17) is 0 Å². The molecule has 0 unspecified atom stereocenters. The fraction of sp³-hybridized carbons (Fsp3) is 0.357. The Bertz CT molecular complexity index is 606. The van der Waals surface area contributed by atoms with Gasteiger partial charge in [-0.1, -0.05) is 13.0 Å². The first-order valence-corrected chi connectivity index (χ1v) is 6.44. The minimum atomic E-state index is -0.151. The van der Waals surface area contributed by atoms with Crippen LogP contribution in [-0.2, 0) is 6.54 Å². The summed E-state index contributed by atoms with van der Waals surface area (Å²) in [7, 11) is 0. The summed E-state index contributed by atoms with van der Waals surface area (Å²) in [6.45, 7) is 5.51. The van der Waals surface area contributed by atoms with Crippen LogP contribution < -0.4 is 10.9 Å². The fourth-order valence-electron chi connectivity index (χ4n) is 1.79. The molecule has 0 aromatic carbocycles. The largest absolute Gasteiger partial charge is 0.311 e. The Balaban J connectivity index is 2.28. The van der Waals surface area contributed by atoms with Crippen LogP contribution in [-0.4, -0.2) is 21.5 Å². The SMILES string of the molecule is CCCNCc1cc(=O)[nH]c(-c2cccc(C)n2)n1. The Morgan fingerprint density at radius 3 is 2.89 bits per heavy atom. The van der Waals surface area contributed by atoms with E-state index in [-0.39, 0.29) is 5.56 Å². The van der Waals surface area contributed by atoms with Crippen molar-refractivity contribution in [1.82, 2.24) is 20.3 Å². The van der Waals surface area contributed by atoms with Crippen molar-refractivity contribution in [1.29, 1.82) is 0 Å². The number of hydrogen-bond donors (Lipinski definition) is 2. The van der Waals surface area contributed by atoms with Gasteiger partial charge in [0.2, 0.25) is 0 Å². The predicted octanol–water partition coefficient (Wildman–Crippen LogP) is 1.64. The van der Waals surface area contributed by atoms with Crippen LogP contribution in [0.5, 0.6) is 0 Å². The van der Waals surface area contributed by atoms with Crippen molar-refractivity contribution in [2.24, 2.45) is 0 Å². The summed E-state index contributed by atoms with van der Waals surface area (Å²) in [5.74, 6) is 0.518. The van der Waals surface area contributed by atoms with E-state index in [2.05, 4.69) is 27.2 Å². The van der Waals surface area contributed by atoms with Gasteiger partial charge in [-0.2, -0.15) is 0 Å². The number of nitrogens with zero attached hydrogens (tertiary/aromatic N) is 2. The lowest BCUT2D eigenvalue weighted by atomic mass is 10.3. The second kappa shape index (κ2) is 6.24. The summed E-state index contributed by atoms with van der Waals surface area (Å²) in [4.78, 5) is 23.2. The van der Waals surface area contributed by atoms with Crippen molar-refractivity contribution in [3.8, 4) is 11.5 Å². The third-order valence-electron chi connectivity index (χ3n) is 2.66. The third-order valence-corrected chi connectivity index (χ3v) is 2.66. The lowest BCUT2D eigenvalue weighted by Gasteiger charge is -2.05. The zero-order chi connectivity index (χ0) is 13.7. The molecule has 0 saturated heterocycles. The summed E-state index contributed by atoms with van der Waals surface area (Å²) in [6.07, 6.45) is 1.05. The van der Waals surface area contributed by atoms with Crippen LogP contribution in [0.2, 0.25) is 0 Å². The highest BCUT2D eigenvalue weighted by molar-refractivity contribution is 5.48. The van der Waals surface area contributed by atoms with E-state index < -0.39 is 0 Å². The van der Waals surface area contributed by atoms with Crippen LogP contribution >= 0.6 is 0 Å². The van der Waals surface area contributed by atoms with Gasteiger partial charge in [0, 0.05) is 18.3 Å². The van der Waals surface area contributed by atoms with Crippen LogP contribution in [0.4, 0.5) is 0 Å². The molecule has 0 aliphatic rings. The van der Waals surface area contributed by atoms with E-state index in [9.17, 15) is 4.79 Å². The van der Waals surface area contributed by atoms with E-state index in [1.165, 1.54) is 6.07 Å². The molecule has 100 valence electrons. The number of aryl methyl sites for hydroxylation is 1. The molecule has 2 N–H and O–H groups in total. The predicted molar refractivity (Wildman–Crippen MR) is 74.8 cm³/mol. The van der Waals surface area contributed by atoms with Gasteiger partial charge in [0.05, 0.1) is 5.69 Å². The molecule has 0 aliphatic carbocycles. The maximum absolute atomic E-state index is 11.7. The molecule has 0 aliphatic heterocycles. The average Bonchev–Trinajstić information content (AvgIpc) is 2.38. The van der Waals surface area contributed by atoms with Crippen LogP contribution in [0.3, 0.4) is 0 Å². The lowest BCUT2D eigenvalue weighted by Crippen LogP contribution is -2.18.